The van der Waals surface area contributed by atoms with Crippen LogP contribution in [0.1, 0.15) is 17.5 Å². The molecule has 0 unspecified atom stereocenters. The molecule has 1 aliphatic rings. The fourth-order valence-electron chi connectivity index (χ4n) is 2.68. The van der Waals surface area contributed by atoms with Crippen LogP contribution >= 0.6 is 0 Å². The molecule has 1 heterocycles. The summed E-state index contributed by atoms with van der Waals surface area (Å²) in [4.78, 5) is 2.13. The molecule has 19 heavy (non-hydrogen) atoms. The van der Waals surface area contributed by atoms with Gasteiger partial charge in [0.2, 0.25) is 0 Å². The first kappa shape index (κ1) is 12.2. The number of nitrogens with zero attached hydrogens (tertiary/aromatic N) is 1. The molecule has 3 heteroatoms. The largest absolute Gasteiger partial charge is 0.392 e. The Bertz CT molecular complexity index is 597. The van der Waals surface area contributed by atoms with Crippen LogP contribution in [0.4, 0.5) is 15.8 Å². The molecule has 2 nitrogen and oxygen atoms in total. The highest BCUT2D eigenvalue weighted by atomic mass is 19.1. The Hall–Kier alpha value is -1.87. The number of hydrogen-bond acceptors (Lipinski definition) is 2. The van der Waals surface area contributed by atoms with Gasteiger partial charge in [0.05, 0.1) is 6.61 Å². The maximum absolute atomic E-state index is 13.6. The first-order valence-corrected chi connectivity index (χ1v) is 6.54. The van der Waals surface area contributed by atoms with Crippen molar-refractivity contribution < 1.29 is 9.50 Å². The molecular formula is C16H16FNO. The topological polar surface area (TPSA) is 23.5 Å². The maximum Gasteiger partial charge on any atom is 0.125 e. The van der Waals surface area contributed by atoms with Gasteiger partial charge in [-0.2, -0.15) is 0 Å². The number of rotatable bonds is 2. The highest BCUT2D eigenvalue weighted by molar-refractivity contribution is 5.68. The van der Waals surface area contributed by atoms with Crippen molar-refractivity contribution in [1.82, 2.24) is 0 Å². The molecule has 2 aromatic carbocycles. The van der Waals surface area contributed by atoms with Crippen LogP contribution < -0.4 is 4.90 Å². The minimum absolute atomic E-state index is 0.139. The zero-order valence-electron chi connectivity index (χ0n) is 10.6. The van der Waals surface area contributed by atoms with E-state index in [2.05, 4.69) is 17.0 Å². The van der Waals surface area contributed by atoms with E-state index in [-0.39, 0.29) is 12.4 Å². The van der Waals surface area contributed by atoms with E-state index in [0.29, 0.717) is 5.56 Å². The summed E-state index contributed by atoms with van der Waals surface area (Å²) >= 11 is 0. The molecule has 0 aromatic heterocycles. The molecule has 0 radical (unpaired) electrons. The van der Waals surface area contributed by atoms with Gasteiger partial charge in [-0.05, 0) is 48.2 Å². The van der Waals surface area contributed by atoms with Crippen molar-refractivity contribution in [3.63, 3.8) is 0 Å². The normalized spacial score (nSPS) is 14.3. The highest BCUT2D eigenvalue weighted by Crippen LogP contribution is 2.33. The number of halogens is 1. The summed E-state index contributed by atoms with van der Waals surface area (Å²) in [6, 6.07) is 13.0. The number of aryl methyl sites for hydroxylation is 1. The minimum atomic E-state index is -0.301. The number of benzene rings is 2. The van der Waals surface area contributed by atoms with Gasteiger partial charge in [0.1, 0.15) is 5.82 Å². The molecule has 3 rings (SSSR count). The minimum Gasteiger partial charge on any atom is -0.392 e. The molecule has 0 spiro atoms. The van der Waals surface area contributed by atoms with E-state index in [1.54, 1.807) is 0 Å². The summed E-state index contributed by atoms with van der Waals surface area (Å²) in [6.45, 7) is 0.742. The molecule has 0 saturated heterocycles. The monoisotopic (exact) mass is 257 g/mol. The zero-order valence-corrected chi connectivity index (χ0v) is 10.6. The Morgan fingerprint density at radius 3 is 2.84 bits per heavy atom. The summed E-state index contributed by atoms with van der Waals surface area (Å²) < 4.78 is 13.6. The first-order valence-electron chi connectivity index (χ1n) is 6.54. The Labute approximate surface area is 112 Å². The average Bonchev–Trinajstić information content (AvgIpc) is 2.46. The van der Waals surface area contributed by atoms with Crippen LogP contribution in [0, 0.1) is 5.82 Å². The lowest BCUT2D eigenvalue weighted by Gasteiger charge is -2.31. The first-order chi connectivity index (χ1) is 9.28. The van der Waals surface area contributed by atoms with Gasteiger partial charge in [0.25, 0.3) is 0 Å². The molecule has 0 aliphatic carbocycles. The fourth-order valence-corrected chi connectivity index (χ4v) is 2.68. The lowest BCUT2D eigenvalue weighted by atomic mass is 10.0. The molecule has 98 valence electrons. The van der Waals surface area contributed by atoms with E-state index in [4.69, 9.17) is 0 Å². The van der Waals surface area contributed by atoms with Crippen molar-refractivity contribution in [2.75, 3.05) is 11.4 Å². The van der Waals surface area contributed by atoms with Crippen LogP contribution in [0.2, 0.25) is 0 Å². The number of aliphatic hydroxyl groups excluding tert-OH is 1. The lowest BCUT2D eigenvalue weighted by Crippen LogP contribution is -2.24. The summed E-state index contributed by atoms with van der Waals surface area (Å²) in [5.41, 5.74) is 3.86. The molecular weight excluding hydrogens is 241 g/mol. The van der Waals surface area contributed by atoms with Gasteiger partial charge in [-0.1, -0.05) is 18.2 Å². The average molecular weight is 257 g/mol. The van der Waals surface area contributed by atoms with E-state index in [9.17, 15) is 9.50 Å². The lowest BCUT2D eigenvalue weighted by molar-refractivity contribution is 0.281. The van der Waals surface area contributed by atoms with Crippen LogP contribution in [-0.2, 0) is 13.0 Å². The number of hydrogen-bond donors (Lipinski definition) is 1. The molecule has 0 fully saturated rings. The van der Waals surface area contributed by atoms with E-state index < -0.39 is 0 Å². The third-order valence-electron chi connectivity index (χ3n) is 3.55. The summed E-state index contributed by atoms with van der Waals surface area (Å²) in [7, 11) is 0. The third-order valence-corrected chi connectivity index (χ3v) is 3.55. The number of fused-ring (bicyclic) bond motifs is 1. The quantitative estimate of drug-likeness (QED) is 0.891. The molecule has 0 saturated carbocycles. The standard InChI is InChI=1S/C16H16FNO/c17-14-8-12(11-19)9-15(10-14)18-7-3-5-13-4-1-2-6-16(13)18/h1-2,4,6,8-10,19H,3,5,7,11H2. The molecule has 1 N–H and O–H groups in total. The zero-order chi connectivity index (χ0) is 13.2. The van der Waals surface area contributed by atoms with E-state index in [0.717, 1.165) is 30.8 Å². The van der Waals surface area contributed by atoms with Crippen molar-refractivity contribution in [3.8, 4) is 0 Å². The van der Waals surface area contributed by atoms with Gasteiger partial charge >= 0.3 is 0 Å². The fraction of sp³-hybridized carbons (Fsp3) is 0.250. The van der Waals surface area contributed by atoms with Gasteiger partial charge in [-0.15, -0.1) is 0 Å². The van der Waals surface area contributed by atoms with Crippen molar-refractivity contribution in [3.05, 3.63) is 59.4 Å². The Balaban J connectivity index is 2.06. The Morgan fingerprint density at radius 2 is 2.00 bits per heavy atom. The second kappa shape index (κ2) is 5.02. The second-order valence-corrected chi connectivity index (χ2v) is 4.86. The molecule has 1 aliphatic heterocycles. The van der Waals surface area contributed by atoms with Crippen LogP contribution in [0.15, 0.2) is 42.5 Å². The van der Waals surface area contributed by atoms with Crippen LogP contribution in [0.25, 0.3) is 0 Å². The van der Waals surface area contributed by atoms with E-state index in [1.807, 2.05) is 18.2 Å². The second-order valence-electron chi connectivity index (χ2n) is 4.86. The predicted octanol–water partition coefficient (Wildman–Crippen LogP) is 3.40. The molecule has 0 atom stereocenters. The molecule has 0 amide bonds. The smallest absolute Gasteiger partial charge is 0.125 e. The van der Waals surface area contributed by atoms with E-state index in [1.165, 1.54) is 17.7 Å². The summed E-state index contributed by atoms with van der Waals surface area (Å²) in [5, 5.41) is 9.19. The summed E-state index contributed by atoms with van der Waals surface area (Å²) in [5.74, 6) is -0.301. The van der Waals surface area contributed by atoms with Gasteiger partial charge in [0.15, 0.2) is 0 Å². The maximum atomic E-state index is 13.6. The van der Waals surface area contributed by atoms with Crippen LogP contribution in [0.5, 0.6) is 0 Å². The third kappa shape index (κ3) is 2.34. The van der Waals surface area contributed by atoms with Gasteiger partial charge in [0, 0.05) is 17.9 Å². The van der Waals surface area contributed by atoms with Crippen LogP contribution in [-0.4, -0.2) is 11.7 Å². The molecule has 2 aromatic rings. The van der Waals surface area contributed by atoms with Crippen molar-refractivity contribution in [2.45, 2.75) is 19.4 Å². The van der Waals surface area contributed by atoms with Crippen molar-refractivity contribution in [1.29, 1.82) is 0 Å². The van der Waals surface area contributed by atoms with Crippen molar-refractivity contribution in [2.24, 2.45) is 0 Å². The Kier molecular flexibility index (Phi) is 3.22. The SMILES string of the molecule is OCc1cc(F)cc(N2CCCc3ccccc32)c1. The van der Waals surface area contributed by atoms with Gasteiger partial charge in [-0.3, -0.25) is 0 Å². The number of anilines is 2. The van der Waals surface area contributed by atoms with Crippen molar-refractivity contribution >= 4 is 11.4 Å². The summed E-state index contributed by atoms with van der Waals surface area (Å²) in [6.07, 6.45) is 2.12. The molecule has 0 bridgehead atoms. The van der Waals surface area contributed by atoms with Gasteiger partial charge < -0.3 is 10.0 Å². The van der Waals surface area contributed by atoms with Crippen LogP contribution in [0.3, 0.4) is 0 Å². The highest BCUT2D eigenvalue weighted by Gasteiger charge is 2.18. The predicted molar refractivity (Wildman–Crippen MR) is 74.1 cm³/mol. The Morgan fingerprint density at radius 1 is 1.16 bits per heavy atom. The number of aliphatic hydroxyl groups is 1. The number of para-hydroxylation sites is 1. The van der Waals surface area contributed by atoms with Gasteiger partial charge in [-0.25, -0.2) is 4.39 Å². The van der Waals surface area contributed by atoms with E-state index >= 15 is 0 Å².